The summed E-state index contributed by atoms with van der Waals surface area (Å²) in [6, 6.07) is 10.2. The average molecular weight is 270 g/mol. The molecule has 19 heavy (non-hydrogen) atoms. The van der Waals surface area contributed by atoms with Crippen LogP contribution in [0.3, 0.4) is 0 Å². The first-order valence-electron chi connectivity index (χ1n) is 5.49. The van der Waals surface area contributed by atoms with E-state index < -0.39 is 23.7 Å². The van der Waals surface area contributed by atoms with Gasteiger partial charge in [-0.1, -0.05) is 36.4 Å². The maximum Gasteiger partial charge on any atom is 0.416 e. The van der Waals surface area contributed by atoms with Crippen molar-refractivity contribution in [3.8, 4) is 0 Å². The quantitative estimate of drug-likeness (QED) is 0.820. The Hall–Kier alpha value is -1.88. The second-order valence-corrected chi connectivity index (χ2v) is 4.04. The number of aliphatic hydroxyl groups excluding tert-OH is 1. The summed E-state index contributed by atoms with van der Waals surface area (Å²) < 4.78 is 51.4. The van der Waals surface area contributed by atoms with Crippen molar-refractivity contribution in [3.05, 3.63) is 71.0 Å². The number of rotatable bonds is 2. The summed E-state index contributed by atoms with van der Waals surface area (Å²) in [5.41, 5.74) is -1.21. The van der Waals surface area contributed by atoms with E-state index >= 15 is 0 Å². The summed E-state index contributed by atoms with van der Waals surface area (Å²) in [7, 11) is 0. The van der Waals surface area contributed by atoms with Crippen LogP contribution in [-0.2, 0) is 6.18 Å². The molecule has 0 saturated carbocycles. The van der Waals surface area contributed by atoms with Crippen molar-refractivity contribution in [2.24, 2.45) is 0 Å². The molecule has 0 saturated heterocycles. The molecule has 1 unspecified atom stereocenters. The highest BCUT2D eigenvalue weighted by Crippen LogP contribution is 2.36. The van der Waals surface area contributed by atoms with Crippen LogP contribution in [0.1, 0.15) is 22.8 Å². The molecule has 0 aliphatic rings. The molecule has 2 aromatic carbocycles. The zero-order valence-electron chi connectivity index (χ0n) is 9.66. The lowest BCUT2D eigenvalue weighted by molar-refractivity contribution is -0.139. The molecule has 0 amide bonds. The van der Waals surface area contributed by atoms with Gasteiger partial charge in [0.1, 0.15) is 11.9 Å². The van der Waals surface area contributed by atoms with Crippen molar-refractivity contribution in [1.29, 1.82) is 0 Å². The molecular weight excluding hydrogens is 260 g/mol. The first-order valence-corrected chi connectivity index (χ1v) is 5.49. The number of hydrogen-bond acceptors (Lipinski definition) is 1. The third-order valence-corrected chi connectivity index (χ3v) is 2.73. The summed E-state index contributed by atoms with van der Waals surface area (Å²) in [4.78, 5) is 0. The molecule has 5 heteroatoms. The van der Waals surface area contributed by atoms with E-state index in [-0.39, 0.29) is 5.56 Å². The fourth-order valence-corrected chi connectivity index (χ4v) is 1.83. The minimum atomic E-state index is -4.72. The van der Waals surface area contributed by atoms with Gasteiger partial charge in [0, 0.05) is 0 Å². The summed E-state index contributed by atoms with van der Waals surface area (Å²) in [5, 5.41) is 10.0. The van der Waals surface area contributed by atoms with Crippen LogP contribution in [0.4, 0.5) is 17.6 Å². The predicted octanol–water partition coefficient (Wildman–Crippen LogP) is 3.93. The smallest absolute Gasteiger partial charge is 0.384 e. The molecule has 0 heterocycles. The maximum absolute atomic E-state index is 13.0. The van der Waals surface area contributed by atoms with Crippen LogP contribution in [0.2, 0.25) is 0 Å². The minimum absolute atomic E-state index is 0.319. The Bertz CT molecular complexity index is 563. The molecule has 0 aliphatic heterocycles. The number of aliphatic hydroxyl groups is 1. The van der Waals surface area contributed by atoms with Gasteiger partial charge in [0.05, 0.1) is 5.56 Å². The Morgan fingerprint density at radius 2 is 1.58 bits per heavy atom. The van der Waals surface area contributed by atoms with Crippen molar-refractivity contribution < 1.29 is 22.7 Å². The van der Waals surface area contributed by atoms with E-state index in [0.717, 1.165) is 12.1 Å². The first-order chi connectivity index (χ1) is 8.89. The molecule has 0 radical (unpaired) electrons. The molecule has 0 spiro atoms. The topological polar surface area (TPSA) is 20.2 Å². The van der Waals surface area contributed by atoms with Gasteiger partial charge >= 0.3 is 6.18 Å². The molecule has 1 nitrogen and oxygen atoms in total. The van der Waals surface area contributed by atoms with Gasteiger partial charge in [-0.15, -0.1) is 0 Å². The number of benzene rings is 2. The number of halogens is 4. The average Bonchev–Trinajstić information content (AvgIpc) is 2.38. The van der Waals surface area contributed by atoms with Crippen LogP contribution >= 0.6 is 0 Å². The molecule has 100 valence electrons. The summed E-state index contributed by atoms with van der Waals surface area (Å²) in [6.45, 7) is 0. The molecule has 2 rings (SSSR count). The summed E-state index contributed by atoms with van der Waals surface area (Å²) in [5.74, 6) is -0.990. The van der Waals surface area contributed by atoms with Crippen LogP contribution in [-0.4, -0.2) is 5.11 Å². The van der Waals surface area contributed by atoms with Gasteiger partial charge in [0.2, 0.25) is 0 Å². The van der Waals surface area contributed by atoms with E-state index in [4.69, 9.17) is 0 Å². The summed E-state index contributed by atoms with van der Waals surface area (Å²) >= 11 is 0. The van der Waals surface area contributed by atoms with Crippen molar-refractivity contribution >= 4 is 0 Å². The van der Waals surface area contributed by atoms with Gasteiger partial charge < -0.3 is 5.11 Å². The Labute approximate surface area is 107 Å². The van der Waals surface area contributed by atoms with Gasteiger partial charge in [0.25, 0.3) is 0 Å². The maximum atomic E-state index is 13.0. The minimum Gasteiger partial charge on any atom is -0.384 e. The normalized spacial score (nSPS) is 13.3. The van der Waals surface area contributed by atoms with Crippen LogP contribution in [0.15, 0.2) is 48.5 Å². The Kier molecular flexibility index (Phi) is 3.57. The Balaban J connectivity index is 2.51. The van der Waals surface area contributed by atoms with Gasteiger partial charge in [-0.25, -0.2) is 4.39 Å². The van der Waals surface area contributed by atoms with Gasteiger partial charge in [-0.05, 0) is 23.3 Å². The van der Waals surface area contributed by atoms with Gasteiger partial charge in [-0.2, -0.15) is 13.2 Å². The van der Waals surface area contributed by atoms with Crippen LogP contribution < -0.4 is 0 Å². The fraction of sp³-hybridized carbons (Fsp3) is 0.143. The molecule has 0 fully saturated rings. The fourth-order valence-electron chi connectivity index (χ4n) is 1.83. The van der Waals surface area contributed by atoms with Crippen LogP contribution in [0.25, 0.3) is 0 Å². The van der Waals surface area contributed by atoms with E-state index in [2.05, 4.69) is 0 Å². The lowest BCUT2D eigenvalue weighted by atomic mass is 9.96. The van der Waals surface area contributed by atoms with Crippen LogP contribution in [0.5, 0.6) is 0 Å². The highest BCUT2D eigenvalue weighted by Gasteiger charge is 2.35. The Morgan fingerprint density at radius 3 is 2.16 bits per heavy atom. The molecule has 0 bridgehead atoms. The second-order valence-electron chi connectivity index (χ2n) is 4.04. The zero-order valence-corrected chi connectivity index (χ0v) is 9.66. The van der Waals surface area contributed by atoms with Gasteiger partial charge in [-0.3, -0.25) is 0 Å². The summed E-state index contributed by atoms with van der Waals surface area (Å²) in [6.07, 6.45) is -6.16. The third kappa shape index (κ3) is 2.93. The van der Waals surface area contributed by atoms with Crippen molar-refractivity contribution in [2.75, 3.05) is 0 Å². The molecule has 2 aromatic rings. The monoisotopic (exact) mass is 270 g/mol. The second kappa shape index (κ2) is 5.01. The standard InChI is InChI=1S/C14H10F4O/c15-10-6-7-11(12(8-10)14(16,17)18)13(19)9-4-2-1-3-5-9/h1-8,13,19H. The molecule has 1 atom stereocenters. The SMILES string of the molecule is OC(c1ccccc1)c1ccc(F)cc1C(F)(F)F. The lowest BCUT2D eigenvalue weighted by Gasteiger charge is -2.17. The number of hydrogen-bond donors (Lipinski definition) is 1. The first kappa shape index (κ1) is 13.5. The van der Waals surface area contributed by atoms with E-state index in [0.29, 0.717) is 11.6 Å². The van der Waals surface area contributed by atoms with E-state index in [1.165, 1.54) is 12.1 Å². The van der Waals surface area contributed by atoms with Crippen molar-refractivity contribution in [3.63, 3.8) is 0 Å². The zero-order chi connectivity index (χ0) is 14.0. The van der Waals surface area contributed by atoms with E-state index in [9.17, 15) is 22.7 Å². The Morgan fingerprint density at radius 1 is 0.947 bits per heavy atom. The molecular formula is C14H10F4O. The van der Waals surface area contributed by atoms with Gasteiger partial charge in [0.15, 0.2) is 0 Å². The largest absolute Gasteiger partial charge is 0.416 e. The molecule has 0 aliphatic carbocycles. The number of alkyl halides is 3. The third-order valence-electron chi connectivity index (χ3n) is 2.73. The molecule has 0 aromatic heterocycles. The highest BCUT2D eigenvalue weighted by molar-refractivity contribution is 5.37. The van der Waals surface area contributed by atoms with Crippen molar-refractivity contribution in [1.82, 2.24) is 0 Å². The highest BCUT2D eigenvalue weighted by atomic mass is 19.4. The lowest BCUT2D eigenvalue weighted by Crippen LogP contribution is -2.13. The van der Waals surface area contributed by atoms with E-state index in [1.807, 2.05) is 0 Å². The van der Waals surface area contributed by atoms with E-state index in [1.54, 1.807) is 18.2 Å². The molecule has 1 N–H and O–H groups in total. The van der Waals surface area contributed by atoms with Crippen LogP contribution in [0, 0.1) is 5.82 Å². The predicted molar refractivity (Wildman–Crippen MR) is 61.9 cm³/mol. The van der Waals surface area contributed by atoms with Crippen molar-refractivity contribution in [2.45, 2.75) is 12.3 Å².